The number of rotatable bonds is 5. The van der Waals surface area contributed by atoms with Crippen molar-refractivity contribution in [3.05, 3.63) is 60.0 Å². The molecule has 0 unspecified atom stereocenters. The van der Waals surface area contributed by atoms with Gasteiger partial charge in [0.05, 0.1) is 29.1 Å². The number of aromatic nitrogens is 3. The maximum atomic E-state index is 13.8. The second-order valence-electron chi connectivity index (χ2n) is 7.35. The minimum absolute atomic E-state index is 0.0708. The number of thiazole rings is 1. The lowest BCUT2D eigenvalue weighted by atomic mass is 10.3. The molecule has 0 spiro atoms. The molecule has 1 amide bonds. The lowest BCUT2D eigenvalue weighted by Gasteiger charge is -2.29. The Morgan fingerprint density at radius 2 is 1.93 bits per heavy atom. The first-order valence-electron chi connectivity index (χ1n) is 10.1. The SMILES string of the molecule is Cc1nc2ccccn2c1C(=O)N(CCN1CCOCC1)c1nc2ccccc2s1. The molecular weight excluding hydrogens is 398 g/mol. The summed E-state index contributed by atoms with van der Waals surface area (Å²) >= 11 is 1.55. The fourth-order valence-electron chi connectivity index (χ4n) is 3.82. The lowest BCUT2D eigenvalue weighted by molar-refractivity contribution is 0.0391. The second-order valence-corrected chi connectivity index (χ2v) is 8.36. The molecule has 1 aromatic carbocycles. The number of ether oxygens (including phenoxy) is 1. The van der Waals surface area contributed by atoms with Crippen LogP contribution in [-0.4, -0.2) is 64.6 Å². The van der Waals surface area contributed by atoms with Crippen LogP contribution in [0.2, 0.25) is 0 Å². The predicted octanol–water partition coefficient (Wildman–Crippen LogP) is 3.23. The molecule has 1 fully saturated rings. The minimum atomic E-state index is -0.0708. The number of fused-ring (bicyclic) bond motifs is 2. The van der Waals surface area contributed by atoms with Crippen LogP contribution in [-0.2, 0) is 4.74 Å². The number of carbonyl (C=O) groups is 1. The van der Waals surface area contributed by atoms with Crippen LogP contribution in [0.1, 0.15) is 16.2 Å². The molecule has 0 saturated carbocycles. The fourth-order valence-corrected chi connectivity index (χ4v) is 4.81. The fraction of sp³-hybridized carbons (Fsp3) is 0.318. The second kappa shape index (κ2) is 8.14. The highest BCUT2D eigenvalue weighted by molar-refractivity contribution is 7.22. The van der Waals surface area contributed by atoms with E-state index in [1.807, 2.05) is 64.9 Å². The number of carbonyl (C=O) groups excluding carboxylic acids is 1. The normalized spacial score (nSPS) is 15.1. The van der Waals surface area contributed by atoms with Crippen molar-refractivity contribution < 1.29 is 9.53 Å². The topological polar surface area (TPSA) is 63.0 Å². The number of morpholine rings is 1. The van der Waals surface area contributed by atoms with Gasteiger partial charge in [0.15, 0.2) is 5.13 Å². The van der Waals surface area contributed by atoms with Crippen molar-refractivity contribution in [2.75, 3.05) is 44.3 Å². The summed E-state index contributed by atoms with van der Waals surface area (Å²) in [5, 5.41) is 0.722. The van der Waals surface area contributed by atoms with E-state index in [0.717, 1.165) is 59.5 Å². The molecule has 30 heavy (non-hydrogen) atoms. The molecule has 8 heteroatoms. The zero-order valence-corrected chi connectivity index (χ0v) is 17.6. The predicted molar refractivity (Wildman–Crippen MR) is 118 cm³/mol. The van der Waals surface area contributed by atoms with Crippen LogP contribution in [0.4, 0.5) is 5.13 Å². The highest BCUT2D eigenvalue weighted by atomic mass is 32.1. The molecule has 0 aliphatic carbocycles. The Balaban J connectivity index is 1.52. The van der Waals surface area contributed by atoms with E-state index >= 15 is 0 Å². The van der Waals surface area contributed by atoms with Crippen molar-refractivity contribution in [2.45, 2.75) is 6.92 Å². The number of aryl methyl sites for hydroxylation is 1. The maximum absolute atomic E-state index is 13.8. The first-order valence-corrected chi connectivity index (χ1v) is 10.9. The Bertz CT molecular complexity index is 1160. The highest BCUT2D eigenvalue weighted by Crippen LogP contribution is 2.30. The Morgan fingerprint density at radius 1 is 1.13 bits per heavy atom. The zero-order chi connectivity index (χ0) is 20.5. The number of amides is 1. The number of hydrogen-bond donors (Lipinski definition) is 0. The van der Waals surface area contributed by atoms with E-state index in [9.17, 15) is 4.79 Å². The number of pyridine rings is 1. The standard InChI is InChI=1S/C22H23N5O2S/c1-16-20(26-9-5-4-8-19(26)23-16)21(28)27(11-10-25-12-14-29-15-13-25)22-24-17-6-2-3-7-18(17)30-22/h2-9H,10-15H2,1H3. The van der Waals surface area contributed by atoms with Crippen LogP contribution in [0.3, 0.4) is 0 Å². The molecule has 0 N–H and O–H groups in total. The smallest absolute Gasteiger partial charge is 0.279 e. The van der Waals surface area contributed by atoms with Gasteiger partial charge in [0, 0.05) is 32.4 Å². The third-order valence-corrected chi connectivity index (χ3v) is 6.47. The molecule has 1 aliphatic rings. The summed E-state index contributed by atoms with van der Waals surface area (Å²) in [7, 11) is 0. The largest absolute Gasteiger partial charge is 0.379 e. The van der Waals surface area contributed by atoms with Crippen LogP contribution in [0.15, 0.2) is 48.7 Å². The van der Waals surface area contributed by atoms with Crippen molar-refractivity contribution >= 4 is 38.2 Å². The molecule has 154 valence electrons. The van der Waals surface area contributed by atoms with E-state index in [1.54, 1.807) is 11.3 Å². The van der Waals surface area contributed by atoms with E-state index in [4.69, 9.17) is 9.72 Å². The van der Waals surface area contributed by atoms with Crippen LogP contribution in [0.5, 0.6) is 0 Å². The summed E-state index contributed by atoms with van der Waals surface area (Å²) in [6.07, 6.45) is 1.89. The lowest BCUT2D eigenvalue weighted by Crippen LogP contribution is -2.43. The number of imidazole rings is 1. The van der Waals surface area contributed by atoms with Crippen LogP contribution in [0.25, 0.3) is 15.9 Å². The van der Waals surface area contributed by atoms with Crippen molar-refractivity contribution in [2.24, 2.45) is 0 Å². The van der Waals surface area contributed by atoms with E-state index in [-0.39, 0.29) is 5.91 Å². The summed E-state index contributed by atoms with van der Waals surface area (Å²) in [5.74, 6) is -0.0708. The molecular formula is C22H23N5O2S. The number of hydrogen-bond acceptors (Lipinski definition) is 6. The van der Waals surface area contributed by atoms with Gasteiger partial charge in [-0.2, -0.15) is 0 Å². The Kier molecular flexibility index (Phi) is 5.20. The van der Waals surface area contributed by atoms with E-state index in [2.05, 4.69) is 9.88 Å². The Hall–Kier alpha value is -2.81. The summed E-state index contributed by atoms with van der Waals surface area (Å²) < 4.78 is 8.40. The average molecular weight is 422 g/mol. The summed E-state index contributed by atoms with van der Waals surface area (Å²) in [4.78, 5) is 27.3. The van der Waals surface area contributed by atoms with Crippen molar-refractivity contribution in [1.82, 2.24) is 19.3 Å². The van der Waals surface area contributed by atoms with Gasteiger partial charge in [-0.05, 0) is 31.2 Å². The third-order valence-electron chi connectivity index (χ3n) is 5.41. The van der Waals surface area contributed by atoms with Gasteiger partial charge in [0.25, 0.3) is 5.91 Å². The summed E-state index contributed by atoms with van der Waals surface area (Å²) in [6.45, 7) is 6.48. The molecule has 4 aromatic rings. The molecule has 0 bridgehead atoms. The number of para-hydroxylation sites is 1. The molecule has 0 atom stereocenters. The van der Waals surface area contributed by atoms with Crippen LogP contribution >= 0.6 is 11.3 Å². The van der Waals surface area contributed by atoms with Gasteiger partial charge in [-0.3, -0.25) is 19.0 Å². The van der Waals surface area contributed by atoms with Crippen LogP contribution in [0, 0.1) is 6.92 Å². The maximum Gasteiger partial charge on any atom is 0.279 e. The molecule has 5 rings (SSSR count). The third kappa shape index (κ3) is 3.58. The van der Waals surface area contributed by atoms with Gasteiger partial charge < -0.3 is 4.74 Å². The van der Waals surface area contributed by atoms with Crippen molar-refractivity contribution in [3.8, 4) is 0 Å². The highest BCUT2D eigenvalue weighted by Gasteiger charge is 2.27. The monoisotopic (exact) mass is 421 g/mol. The van der Waals surface area contributed by atoms with Gasteiger partial charge in [-0.1, -0.05) is 29.5 Å². The summed E-state index contributed by atoms with van der Waals surface area (Å²) in [5.41, 5.74) is 3.00. The number of benzene rings is 1. The van der Waals surface area contributed by atoms with Gasteiger partial charge in [-0.15, -0.1) is 0 Å². The minimum Gasteiger partial charge on any atom is -0.379 e. The quantitative estimate of drug-likeness (QED) is 0.495. The van der Waals surface area contributed by atoms with Gasteiger partial charge in [0.2, 0.25) is 0 Å². The zero-order valence-electron chi connectivity index (χ0n) is 16.8. The molecule has 7 nitrogen and oxygen atoms in total. The van der Waals surface area contributed by atoms with E-state index in [1.165, 1.54) is 0 Å². The Labute approximate surface area is 178 Å². The first-order chi connectivity index (χ1) is 14.7. The first kappa shape index (κ1) is 19.2. The van der Waals surface area contributed by atoms with Crippen molar-refractivity contribution in [1.29, 1.82) is 0 Å². The van der Waals surface area contributed by atoms with E-state index < -0.39 is 0 Å². The molecule has 1 saturated heterocycles. The average Bonchev–Trinajstić information content (AvgIpc) is 3.34. The van der Waals surface area contributed by atoms with Gasteiger partial charge in [0.1, 0.15) is 11.3 Å². The molecule has 4 heterocycles. The van der Waals surface area contributed by atoms with Gasteiger partial charge in [-0.25, -0.2) is 9.97 Å². The van der Waals surface area contributed by atoms with Gasteiger partial charge >= 0.3 is 0 Å². The van der Waals surface area contributed by atoms with Crippen molar-refractivity contribution in [3.63, 3.8) is 0 Å². The molecule has 0 radical (unpaired) electrons. The number of nitrogens with zero attached hydrogens (tertiary/aromatic N) is 5. The molecule has 1 aliphatic heterocycles. The summed E-state index contributed by atoms with van der Waals surface area (Å²) in [6, 6.07) is 13.8. The molecule has 3 aromatic heterocycles. The van der Waals surface area contributed by atoms with E-state index in [0.29, 0.717) is 12.2 Å². The Morgan fingerprint density at radius 3 is 2.77 bits per heavy atom. The number of anilines is 1. The van der Waals surface area contributed by atoms with Crippen LogP contribution < -0.4 is 4.90 Å².